The fraction of sp³-hybridized carbons (Fsp3) is 0.857. The Balaban J connectivity index is 1.59. The fourth-order valence-corrected chi connectivity index (χ4v) is 10.7. The molecule has 9 fully saturated rings. The zero-order valence-electron chi connectivity index (χ0n) is 14.6. The van der Waals surface area contributed by atoms with Crippen LogP contribution < -0.4 is 0 Å². The molecule has 9 bridgehead atoms. The predicted octanol–water partition coefficient (Wildman–Crippen LogP) is 2.39. The molecule has 9 rings (SSSR count). The van der Waals surface area contributed by atoms with E-state index in [1.54, 1.807) is 0 Å². The summed E-state index contributed by atoms with van der Waals surface area (Å²) in [5.41, 5.74) is 0.997. The van der Waals surface area contributed by atoms with Gasteiger partial charge in [0.1, 0.15) is 5.78 Å². The van der Waals surface area contributed by atoms with E-state index >= 15 is 0 Å². The summed E-state index contributed by atoms with van der Waals surface area (Å²) in [6.45, 7) is 8.76. The van der Waals surface area contributed by atoms with Crippen LogP contribution in [0.3, 0.4) is 0 Å². The maximum Gasteiger partial charge on any atom is 0.144 e. The maximum absolute atomic E-state index is 13.6. The molecule has 0 radical (unpaired) electrons. The quantitative estimate of drug-likeness (QED) is 0.695. The number of ketones is 1. The lowest BCUT2D eigenvalue weighted by atomic mass is 9.35. The molecule has 9 aliphatic rings. The molecule has 0 aromatic rings. The molecule has 3 heteroatoms. The fourth-order valence-electron chi connectivity index (χ4n) is 10.7. The lowest BCUT2D eigenvalue weighted by molar-refractivity contribution is -0.301. The highest BCUT2D eigenvalue weighted by molar-refractivity contribution is 5.91. The number of piperidine rings is 3. The van der Waals surface area contributed by atoms with Gasteiger partial charge in [-0.3, -0.25) is 9.69 Å². The van der Waals surface area contributed by atoms with E-state index in [1.807, 2.05) is 0 Å². The Bertz CT molecular complexity index is 746. The van der Waals surface area contributed by atoms with Crippen LogP contribution in [0.1, 0.15) is 45.4 Å². The number of rotatable bonds is 0. The van der Waals surface area contributed by atoms with Gasteiger partial charge in [-0.25, -0.2) is 0 Å². The third-order valence-electron chi connectivity index (χ3n) is 10.1. The molecule has 3 nitrogen and oxygen atoms in total. The summed E-state index contributed by atoms with van der Waals surface area (Å²) < 4.78 is 0. The Morgan fingerprint density at radius 2 is 2.12 bits per heavy atom. The van der Waals surface area contributed by atoms with Gasteiger partial charge < -0.3 is 5.11 Å². The van der Waals surface area contributed by atoms with Crippen LogP contribution >= 0.6 is 0 Å². The molecule has 6 saturated carbocycles. The average molecular weight is 325 g/mol. The summed E-state index contributed by atoms with van der Waals surface area (Å²) in [7, 11) is 0. The van der Waals surface area contributed by atoms with Crippen molar-refractivity contribution < 1.29 is 9.90 Å². The smallest absolute Gasteiger partial charge is 0.144 e. The highest BCUT2D eigenvalue weighted by Gasteiger charge is 2.88. The van der Waals surface area contributed by atoms with E-state index in [2.05, 4.69) is 18.4 Å². The van der Waals surface area contributed by atoms with Crippen molar-refractivity contribution >= 4 is 5.78 Å². The lowest BCUT2D eigenvalue weighted by Gasteiger charge is -2.75. The number of hydrogen-bond acceptors (Lipinski definition) is 3. The first-order chi connectivity index (χ1) is 11.4. The van der Waals surface area contributed by atoms with Crippen LogP contribution in [0.4, 0.5) is 0 Å². The monoisotopic (exact) mass is 325 g/mol. The second-order valence-corrected chi connectivity index (χ2v) is 11.0. The van der Waals surface area contributed by atoms with Gasteiger partial charge in [-0.1, -0.05) is 25.5 Å². The minimum absolute atomic E-state index is 0.0518. The molecule has 2 spiro atoms. The number of carbonyl (C=O) groups is 1. The second-order valence-electron chi connectivity index (χ2n) is 11.0. The molecule has 3 aliphatic heterocycles. The molecular weight excluding hydrogens is 298 g/mol. The van der Waals surface area contributed by atoms with Gasteiger partial charge in [0.2, 0.25) is 0 Å². The number of Topliss-reactive ketones (excluding diaryl/α,β-unsaturated/α-hetero) is 1. The molecule has 3 saturated heterocycles. The topological polar surface area (TPSA) is 40.5 Å². The Morgan fingerprint density at radius 1 is 1.29 bits per heavy atom. The minimum Gasteiger partial charge on any atom is -0.388 e. The first kappa shape index (κ1) is 13.5. The summed E-state index contributed by atoms with van der Waals surface area (Å²) >= 11 is 0. The van der Waals surface area contributed by atoms with Gasteiger partial charge in [0, 0.05) is 42.3 Å². The van der Waals surface area contributed by atoms with Gasteiger partial charge in [0.15, 0.2) is 0 Å². The highest BCUT2D eigenvalue weighted by Crippen LogP contribution is 2.85. The van der Waals surface area contributed by atoms with E-state index in [1.165, 1.54) is 24.8 Å². The van der Waals surface area contributed by atoms with E-state index in [0.29, 0.717) is 23.7 Å². The van der Waals surface area contributed by atoms with E-state index in [9.17, 15) is 9.90 Å². The zero-order chi connectivity index (χ0) is 16.3. The average Bonchev–Trinajstić information content (AvgIpc) is 2.53. The van der Waals surface area contributed by atoms with Crippen LogP contribution in [0.5, 0.6) is 0 Å². The third kappa shape index (κ3) is 0.991. The molecule has 3 heterocycles. The molecule has 6 aliphatic carbocycles. The van der Waals surface area contributed by atoms with Crippen molar-refractivity contribution in [3.05, 3.63) is 12.2 Å². The molecule has 1 N–H and O–H groups in total. The molecular formula is C21H27NO2. The van der Waals surface area contributed by atoms with Gasteiger partial charge in [0.25, 0.3) is 0 Å². The highest BCUT2D eigenvalue weighted by atomic mass is 16.3. The maximum atomic E-state index is 13.6. The summed E-state index contributed by atoms with van der Waals surface area (Å²) in [6, 6.07) is 0.575. The van der Waals surface area contributed by atoms with Crippen LogP contribution in [0.15, 0.2) is 12.2 Å². The molecule has 128 valence electrons. The van der Waals surface area contributed by atoms with E-state index in [0.717, 1.165) is 32.4 Å². The number of nitrogens with zero attached hydrogens (tertiary/aromatic N) is 1. The number of fused-ring (bicyclic) bond motifs is 1. The van der Waals surface area contributed by atoms with Crippen LogP contribution in [-0.2, 0) is 4.79 Å². The van der Waals surface area contributed by atoms with Crippen molar-refractivity contribution in [3.8, 4) is 0 Å². The van der Waals surface area contributed by atoms with E-state index < -0.39 is 5.60 Å². The molecule has 0 amide bonds. The van der Waals surface area contributed by atoms with Crippen LogP contribution in [-0.4, -0.2) is 40.5 Å². The SMILES string of the molecule is C=C1CC23CC4(O)CN5CC6(C)CCCC7(C5C2CC1C(=O)C37)C64. The van der Waals surface area contributed by atoms with Gasteiger partial charge in [0.05, 0.1) is 5.60 Å². The number of hydrogen-bond donors (Lipinski definition) is 1. The summed E-state index contributed by atoms with van der Waals surface area (Å²) in [5.74, 6) is 1.90. The van der Waals surface area contributed by atoms with E-state index in [4.69, 9.17) is 0 Å². The van der Waals surface area contributed by atoms with Gasteiger partial charge in [-0.05, 0) is 48.9 Å². The third-order valence-corrected chi connectivity index (χ3v) is 10.1. The van der Waals surface area contributed by atoms with Crippen molar-refractivity contribution in [2.45, 2.75) is 57.1 Å². The Morgan fingerprint density at radius 3 is 2.96 bits per heavy atom. The van der Waals surface area contributed by atoms with Gasteiger partial charge in [-0.15, -0.1) is 0 Å². The molecule has 0 aromatic heterocycles. The first-order valence-corrected chi connectivity index (χ1v) is 10.0. The molecule has 0 aromatic carbocycles. The molecule has 24 heavy (non-hydrogen) atoms. The standard InChI is InChI=1S/C21H27NO2/c1-11-7-19-8-20(24)10-22-9-18(2)4-3-5-21(17(18)20)15(19)14(23)12(11)6-13(19)16(21)22/h12-13,15-17,24H,1,3-10H2,2H3. The lowest BCUT2D eigenvalue weighted by Crippen LogP contribution is -2.80. The van der Waals surface area contributed by atoms with Crippen molar-refractivity contribution in [2.24, 2.45) is 39.9 Å². The van der Waals surface area contributed by atoms with Crippen LogP contribution in [0.2, 0.25) is 0 Å². The number of aliphatic hydroxyl groups is 1. The Labute approximate surface area is 143 Å². The first-order valence-electron chi connectivity index (χ1n) is 10.0. The predicted molar refractivity (Wildman–Crippen MR) is 89.1 cm³/mol. The summed E-state index contributed by atoms with van der Waals surface area (Å²) in [5, 5.41) is 11.9. The van der Waals surface area contributed by atoms with Crippen molar-refractivity contribution in [1.82, 2.24) is 4.90 Å². The largest absolute Gasteiger partial charge is 0.388 e. The number of carbonyl (C=O) groups excluding carboxylic acids is 1. The number of allylic oxidation sites excluding steroid dienone is 1. The zero-order valence-corrected chi connectivity index (χ0v) is 14.6. The van der Waals surface area contributed by atoms with Crippen molar-refractivity contribution in [1.29, 1.82) is 0 Å². The van der Waals surface area contributed by atoms with Crippen LogP contribution in [0.25, 0.3) is 0 Å². The Hall–Kier alpha value is -0.670. The minimum atomic E-state index is -0.556. The summed E-state index contributed by atoms with van der Waals surface area (Å²) in [6.07, 6.45) is 6.62. The summed E-state index contributed by atoms with van der Waals surface area (Å²) in [4.78, 5) is 16.2. The van der Waals surface area contributed by atoms with Crippen molar-refractivity contribution in [2.75, 3.05) is 13.1 Å². The van der Waals surface area contributed by atoms with Gasteiger partial charge >= 0.3 is 0 Å². The molecule has 10 unspecified atom stereocenters. The second kappa shape index (κ2) is 3.32. The Kier molecular flexibility index (Phi) is 1.87. The van der Waals surface area contributed by atoms with Gasteiger partial charge in [-0.2, -0.15) is 0 Å². The van der Waals surface area contributed by atoms with E-state index in [-0.39, 0.29) is 28.1 Å². The van der Waals surface area contributed by atoms with Crippen LogP contribution in [0, 0.1) is 39.9 Å². The van der Waals surface area contributed by atoms with Crippen molar-refractivity contribution in [3.63, 3.8) is 0 Å². The molecule has 10 atom stereocenters. The normalized spacial score (nSPS) is 70.4.